The summed E-state index contributed by atoms with van der Waals surface area (Å²) in [6.45, 7) is 4.12. The molecule has 2 aromatic rings. The molecule has 1 saturated heterocycles. The van der Waals surface area contributed by atoms with Crippen LogP contribution in [-0.4, -0.2) is 28.2 Å². The van der Waals surface area contributed by atoms with E-state index in [2.05, 4.69) is 0 Å². The van der Waals surface area contributed by atoms with Crippen molar-refractivity contribution in [3.63, 3.8) is 0 Å². The highest BCUT2D eigenvalue weighted by atomic mass is 16.8. The zero-order valence-electron chi connectivity index (χ0n) is 13.7. The van der Waals surface area contributed by atoms with Crippen molar-refractivity contribution in [3.8, 4) is 17.2 Å². The first kappa shape index (κ1) is 15.3. The van der Waals surface area contributed by atoms with E-state index in [1.165, 1.54) is 0 Å². The van der Waals surface area contributed by atoms with Gasteiger partial charge in [-0.15, -0.1) is 0 Å². The first-order valence-corrected chi connectivity index (χ1v) is 7.99. The van der Waals surface area contributed by atoms with Crippen LogP contribution in [0.3, 0.4) is 0 Å². The summed E-state index contributed by atoms with van der Waals surface area (Å²) in [6, 6.07) is 12.1. The molecule has 0 aliphatic carbocycles. The molecule has 2 heterocycles. The van der Waals surface area contributed by atoms with Crippen LogP contribution in [0.1, 0.15) is 31.1 Å². The average molecular weight is 328 g/mol. The van der Waals surface area contributed by atoms with Gasteiger partial charge in [-0.05, 0) is 43.7 Å². The maximum Gasteiger partial charge on any atom is 0.164 e. The van der Waals surface area contributed by atoms with Gasteiger partial charge >= 0.3 is 0 Å². The van der Waals surface area contributed by atoms with Crippen LogP contribution < -0.4 is 4.74 Å². The molecular formula is C19H20O5. The molecule has 0 saturated carbocycles. The molecule has 5 nitrogen and oxygen atoms in total. The molecule has 2 atom stereocenters. The second-order valence-electron chi connectivity index (χ2n) is 6.92. The van der Waals surface area contributed by atoms with Crippen molar-refractivity contribution in [2.24, 2.45) is 0 Å². The van der Waals surface area contributed by atoms with E-state index in [0.29, 0.717) is 18.8 Å². The Kier molecular flexibility index (Phi) is 3.27. The minimum absolute atomic E-state index is 0.165. The fraction of sp³-hybridized carbons (Fsp3) is 0.368. The number of benzene rings is 2. The first-order valence-electron chi connectivity index (χ1n) is 7.99. The van der Waals surface area contributed by atoms with Crippen LogP contribution in [0.2, 0.25) is 0 Å². The van der Waals surface area contributed by atoms with Gasteiger partial charge in [0.2, 0.25) is 0 Å². The summed E-state index contributed by atoms with van der Waals surface area (Å²) >= 11 is 0. The van der Waals surface area contributed by atoms with E-state index in [-0.39, 0.29) is 17.6 Å². The lowest BCUT2D eigenvalue weighted by Crippen LogP contribution is -2.46. The molecule has 0 radical (unpaired) electrons. The lowest BCUT2D eigenvalue weighted by atomic mass is 9.84. The molecule has 2 aliphatic heterocycles. The third-order valence-corrected chi connectivity index (χ3v) is 4.52. The maximum atomic E-state index is 9.68. The molecule has 0 spiro atoms. The van der Waals surface area contributed by atoms with E-state index in [1.807, 2.05) is 32.0 Å². The highest BCUT2D eigenvalue weighted by molar-refractivity contribution is 5.45. The SMILES string of the molecule is CC1(C)OC2c3ccc(O)cc3OCC2(Cc2ccc(O)cc2)O1. The van der Waals surface area contributed by atoms with Crippen LogP contribution in [0.5, 0.6) is 17.2 Å². The third kappa shape index (κ3) is 2.50. The molecule has 0 bridgehead atoms. The van der Waals surface area contributed by atoms with Gasteiger partial charge in [-0.3, -0.25) is 0 Å². The molecule has 0 aromatic heterocycles. The second-order valence-corrected chi connectivity index (χ2v) is 6.92. The zero-order valence-corrected chi connectivity index (χ0v) is 13.7. The van der Waals surface area contributed by atoms with Crippen molar-refractivity contribution in [1.82, 2.24) is 0 Å². The quantitative estimate of drug-likeness (QED) is 0.885. The highest BCUT2D eigenvalue weighted by Crippen LogP contribution is 2.52. The molecule has 126 valence electrons. The normalized spacial score (nSPS) is 27.2. The Morgan fingerprint density at radius 1 is 1.04 bits per heavy atom. The minimum atomic E-state index is -0.732. The minimum Gasteiger partial charge on any atom is -0.508 e. The number of aromatic hydroxyl groups is 2. The summed E-state index contributed by atoms with van der Waals surface area (Å²) in [5.41, 5.74) is 1.26. The number of fused-ring (bicyclic) bond motifs is 3. The largest absolute Gasteiger partial charge is 0.508 e. The van der Waals surface area contributed by atoms with E-state index in [0.717, 1.165) is 11.1 Å². The Morgan fingerprint density at radius 3 is 2.50 bits per heavy atom. The van der Waals surface area contributed by atoms with E-state index in [1.54, 1.807) is 24.3 Å². The Labute approximate surface area is 140 Å². The Morgan fingerprint density at radius 2 is 1.75 bits per heavy atom. The molecule has 1 fully saturated rings. The molecule has 2 aromatic carbocycles. The van der Waals surface area contributed by atoms with Crippen LogP contribution in [0.4, 0.5) is 0 Å². The molecule has 24 heavy (non-hydrogen) atoms. The second kappa shape index (κ2) is 5.13. The first-order chi connectivity index (χ1) is 11.4. The van der Waals surface area contributed by atoms with Gasteiger partial charge in [-0.25, -0.2) is 0 Å². The summed E-state index contributed by atoms with van der Waals surface area (Å²) in [5, 5.41) is 19.2. The van der Waals surface area contributed by atoms with Crippen molar-refractivity contribution in [3.05, 3.63) is 53.6 Å². The molecule has 2 aliphatic rings. The van der Waals surface area contributed by atoms with E-state index in [9.17, 15) is 10.2 Å². The summed E-state index contributed by atoms with van der Waals surface area (Å²) in [7, 11) is 0. The van der Waals surface area contributed by atoms with Gasteiger partial charge in [0.15, 0.2) is 5.79 Å². The molecule has 2 N–H and O–H groups in total. The number of ether oxygens (including phenoxy) is 3. The number of phenols is 2. The van der Waals surface area contributed by atoms with E-state index < -0.39 is 11.4 Å². The topological polar surface area (TPSA) is 68.2 Å². The average Bonchev–Trinajstić information content (AvgIpc) is 2.80. The Hall–Kier alpha value is -2.24. The van der Waals surface area contributed by atoms with Crippen LogP contribution in [-0.2, 0) is 15.9 Å². The molecule has 4 rings (SSSR count). The van der Waals surface area contributed by atoms with Crippen molar-refractivity contribution in [1.29, 1.82) is 0 Å². The number of hydrogen-bond donors (Lipinski definition) is 2. The molecule has 5 heteroatoms. The van der Waals surface area contributed by atoms with Crippen molar-refractivity contribution in [2.75, 3.05) is 6.61 Å². The van der Waals surface area contributed by atoms with Crippen LogP contribution in [0.25, 0.3) is 0 Å². The summed E-state index contributed by atoms with van der Waals surface area (Å²) in [4.78, 5) is 0. The van der Waals surface area contributed by atoms with Gasteiger partial charge < -0.3 is 24.4 Å². The molecule has 0 amide bonds. The standard InChI is InChI=1S/C19H20O5/c1-18(2)23-17-15-8-7-14(21)9-16(15)22-11-19(17,24-18)10-12-3-5-13(20)6-4-12/h3-9,17,20-21H,10-11H2,1-2H3. The number of hydrogen-bond acceptors (Lipinski definition) is 5. The monoisotopic (exact) mass is 328 g/mol. The number of phenolic OH excluding ortho intramolecular Hbond substituents is 2. The van der Waals surface area contributed by atoms with Gasteiger partial charge in [0.05, 0.1) is 0 Å². The van der Waals surface area contributed by atoms with Crippen molar-refractivity contribution in [2.45, 2.75) is 37.8 Å². The van der Waals surface area contributed by atoms with Crippen LogP contribution in [0.15, 0.2) is 42.5 Å². The predicted octanol–water partition coefficient (Wildman–Crippen LogP) is 3.30. The smallest absolute Gasteiger partial charge is 0.164 e. The van der Waals surface area contributed by atoms with E-state index in [4.69, 9.17) is 14.2 Å². The van der Waals surface area contributed by atoms with Crippen LogP contribution >= 0.6 is 0 Å². The fourth-order valence-corrected chi connectivity index (χ4v) is 3.61. The van der Waals surface area contributed by atoms with Gasteiger partial charge in [0.25, 0.3) is 0 Å². The van der Waals surface area contributed by atoms with Gasteiger partial charge in [0, 0.05) is 18.1 Å². The lowest BCUT2D eigenvalue weighted by Gasteiger charge is -2.37. The third-order valence-electron chi connectivity index (χ3n) is 4.52. The number of rotatable bonds is 2. The van der Waals surface area contributed by atoms with Crippen molar-refractivity contribution < 1.29 is 24.4 Å². The predicted molar refractivity (Wildman–Crippen MR) is 87.1 cm³/mol. The maximum absolute atomic E-state index is 9.68. The lowest BCUT2D eigenvalue weighted by molar-refractivity contribution is -0.167. The Balaban J connectivity index is 1.74. The van der Waals surface area contributed by atoms with Gasteiger partial charge in [0.1, 0.15) is 35.6 Å². The highest BCUT2D eigenvalue weighted by Gasteiger charge is 2.57. The Bertz CT molecular complexity index is 768. The van der Waals surface area contributed by atoms with Gasteiger partial charge in [-0.2, -0.15) is 0 Å². The van der Waals surface area contributed by atoms with Crippen molar-refractivity contribution >= 4 is 0 Å². The molecular weight excluding hydrogens is 308 g/mol. The summed E-state index contributed by atoms with van der Waals surface area (Å²) in [6.07, 6.45) is 0.312. The van der Waals surface area contributed by atoms with Crippen LogP contribution in [0, 0.1) is 0 Å². The molecule has 2 unspecified atom stereocenters. The summed E-state index contributed by atoms with van der Waals surface area (Å²) in [5.74, 6) is 0.294. The zero-order chi connectivity index (χ0) is 16.9. The van der Waals surface area contributed by atoms with E-state index >= 15 is 0 Å². The fourth-order valence-electron chi connectivity index (χ4n) is 3.61. The summed E-state index contributed by atoms with van der Waals surface area (Å²) < 4.78 is 18.4. The van der Waals surface area contributed by atoms with Gasteiger partial charge in [-0.1, -0.05) is 12.1 Å².